The predicted molar refractivity (Wildman–Crippen MR) is 59.1 cm³/mol. The summed E-state index contributed by atoms with van der Waals surface area (Å²) >= 11 is 0. The summed E-state index contributed by atoms with van der Waals surface area (Å²) < 4.78 is 9.55. The first-order chi connectivity index (χ1) is 8.43. The van der Waals surface area contributed by atoms with Crippen LogP contribution in [0.3, 0.4) is 0 Å². The number of hydrogen-bond donors (Lipinski definition) is 1. The quantitative estimate of drug-likeness (QED) is 0.266. The first kappa shape index (κ1) is 13.4. The first-order valence-electron chi connectivity index (χ1n) is 4.75. The van der Waals surface area contributed by atoms with Crippen molar-refractivity contribution >= 4 is 17.6 Å². The highest BCUT2D eigenvalue weighted by atomic mass is 16.6. The van der Waals surface area contributed by atoms with E-state index in [9.17, 15) is 19.7 Å². The number of ether oxygens (including phenoxy) is 2. The van der Waals surface area contributed by atoms with E-state index in [2.05, 4.69) is 0 Å². The number of methoxy groups -OCH3 is 1. The Kier molecular flexibility index (Phi) is 4.19. The molecule has 0 unspecified atom stereocenters. The minimum Gasteiger partial charge on any atom is -0.497 e. The molecule has 0 fully saturated rings. The van der Waals surface area contributed by atoms with Crippen molar-refractivity contribution in [3.8, 4) is 11.5 Å². The smallest absolute Gasteiger partial charge is 0.320 e. The molecular weight excluding hydrogens is 244 g/mol. The number of carbonyl (C=O) groups is 2. The fourth-order valence-electron chi connectivity index (χ4n) is 1.15. The lowest BCUT2D eigenvalue weighted by molar-refractivity contribution is -0.385. The van der Waals surface area contributed by atoms with E-state index in [-0.39, 0.29) is 11.5 Å². The van der Waals surface area contributed by atoms with Gasteiger partial charge in [0.2, 0.25) is 11.7 Å². The summed E-state index contributed by atoms with van der Waals surface area (Å²) in [6.07, 6.45) is -0.658. The van der Waals surface area contributed by atoms with Crippen LogP contribution in [0.5, 0.6) is 11.5 Å². The molecule has 1 aromatic rings. The van der Waals surface area contributed by atoms with E-state index in [4.69, 9.17) is 15.2 Å². The van der Waals surface area contributed by atoms with Crippen LogP contribution in [0.25, 0.3) is 0 Å². The number of carbonyl (C=O) groups excluding carboxylic acids is 2. The van der Waals surface area contributed by atoms with Gasteiger partial charge in [-0.1, -0.05) is 0 Å². The van der Waals surface area contributed by atoms with Crippen molar-refractivity contribution in [3.05, 3.63) is 28.3 Å². The predicted octanol–water partition coefficient (Wildman–Crippen LogP) is 0.384. The zero-order valence-electron chi connectivity index (χ0n) is 9.41. The van der Waals surface area contributed by atoms with E-state index in [1.54, 1.807) is 0 Å². The second kappa shape index (κ2) is 5.62. The van der Waals surface area contributed by atoms with Gasteiger partial charge in [0.25, 0.3) is 0 Å². The molecule has 0 spiro atoms. The maximum Gasteiger partial charge on any atom is 0.320 e. The molecule has 0 aromatic heterocycles. The monoisotopic (exact) mass is 254 g/mol. The van der Waals surface area contributed by atoms with E-state index >= 15 is 0 Å². The summed E-state index contributed by atoms with van der Waals surface area (Å²) in [6.45, 7) is 0. The molecule has 1 amide bonds. The fraction of sp³-hybridized carbons (Fsp3) is 0.200. The summed E-state index contributed by atoms with van der Waals surface area (Å²) in [5.74, 6) is -1.88. The number of hydrogen-bond acceptors (Lipinski definition) is 6. The summed E-state index contributed by atoms with van der Waals surface area (Å²) in [6, 6.07) is 3.66. The molecule has 18 heavy (non-hydrogen) atoms. The fourth-order valence-corrected chi connectivity index (χ4v) is 1.15. The molecule has 0 aliphatic carbocycles. The molecule has 0 bridgehead atoms. The van der Waals surface area contributed by atoms with Crippen molar-refractivity contribution in [1.29, 1.82) is 0 Å². The third-order valence-corrected chi connectivity index (χ3v) is 1.91. The summed E-state index contributed by atoms with van der Waals surface area (Å²) in [5.41, 5.74) is 4.39. The molecular formula is C10H10N2O6. The number of nitrogens with two attached hydrogens (primary N) is 1. The Labute approximate surface area is 101 Å². The van der Waals surface area contributed by atoms with Crippen LogP contribution in [0.15, 0.2) is 18.2 Å². The maximum atomic E-state index is 11.2. The highest BCUT2D eigenvalue weighted by molar-refractivity contribution is 5.94. The number of nitro benzene ring substituents is 1. The minimum absolute atomic E-state index is 0.280. The van der Waals surface area contributed by atoms with E-state index < -0.39 is 28.9 Å². The molecule has 1 rings (SSSR count). The Morgan fingerprint density at radius 3 is 2.61 bits per heavy atom. The molecule has 1 aromatic carbocycles. The second-order valence-corrected chi connectivity index (χ2v) is 3.21. The van der Waals surface area contributed by atoms with Gasteiger partial charge in [-0.05, 0) is 6.07 Å². The number of esters is 1. The lowest BCUT2D eigenvalue weighted by Gasteiger charge is -2.06. The van der Waals surface area contributed by atoms with Crippen molar-refractivity contribution < 1.29 is 24.0 Å². The van der Waals surface area contributed by atoms with Crippen molar-refractivity contribution in [1.82, 2.24) is 0 Å². The van der Waals surface area contributed by atoms with Gasteiger partial charge in [-0.2, -0.15) is 0 Å². The second-order valence-electron chi connectivity index (χ2n) is 3.21. The van der Waals surface area contributed by atoms with Crippen molar-refractivity contribution in [3.63, 3.8) is 0 Å². The SMILES string of the molecule is COc1ccc([N+](=O)[O-])c(OC(=O)CC(N)=O)c1. The Balaban J connectivity index is 3.00. The van der Waals surface area contributed by atoms with Gasteiger partial charge in [0.15, 0.2) is 0 Å². The maximum absolute atomic E-state index is 11.2. The van der Waals surface area contributed by atoms with Gasteiger partial charge in [0.1, 0.15) is 12.2 Å². The molecule has 96 valence electrons. The van der Waals surface area contributed by atoms with Crippen LogP contribution >= 0.6 is 0 Å². The van der Waals surface area contributed by atoms with Gasteiger partial charge in [-0.3, -0.25) is 19.7 Å². The molecule has 0 radical (unpaired) electrons. The lowest BCUT2D eigenvalue weighted by Crippen LogP contribution is -2.20. The van der Waals surface area contributed by atoms with Gasteiger partial charge in [-0.25, -0.2) is 0 Å². The van der Waals surface area contributed by atoms with E-state index in [1.165, 1.54) is 19.2 Å². The highest BCUT2D eigenvalue weighted by Gasteiger charge is 2.19. The van der Waals surface area contributed by atoms with Crippen molar-refractivity contribution in [2.45, 2.75) is 6.42 Å². The molecule has 0 aliphatic heterocycles. The normalized spacial score (nSPS) is 9.61. The van der Waals surface area contributed by atoms with Crippen LogP contribution in [0.1, 0.15) is 6.42 Å². The molecule has 0 saturated heterocycles. The summed E-state index contributed by atoms with van der Waals surface area (Å²) in [5, 5.41) is 10.7. The number of nitrogens with zero attached hydrogens (tertiary/aromatic N) is 1. The average Bonchev–Trinajstić information content (AvgIpc) is 2.27. The van der Waals surface area contributed by atoms with Crippen LogP contribution in [0.2, 0.25) is 0 Å². The third-order valence-electron chi connectivity index (χ3n) is 1.91. The molecule has 2 N–H and O–H groups in total. The Morgan fingerprint density at radius 2 is 2.11 bits per heavy atom. The van der Waals surface area contributed by atoms with Crippen LogP contribution in [0.4, 0.5) is 5.69 Å². The van der Waals surface area contributed by atoms with E-state index in [1.807, 2.05) is 0 Å². The number of primary amides is 1. The number of benzene rings is 1. The van der Waals surface area contributed by atoms with Gasteiger partial charge >= 0.3 is 11.7 Å². The van der Waals surface area contributed by atoms with E-state index in [0.717, 1.165) is 6.07 Å². The molecule has 0 saturated carbocycles. The standard InChI is InChI=1S/C10H10N2O6/c1-17-6-2-3-7(12(15)16)8(4-6)18-10(14)5-9(11)13/h2-4H,5H2,1H3,(H2,11,13). The van der Waals surface area contributed by atoms with Crippen molar-refractivity contribution in [2.75, 3.05) is 7.11 Å². The van der Waals surface area contributed by atoms with Gasteiger partial charge in [-0.15, -0.1) is 0 Å². The lowest BCUT2D eigenvalue weighted by atomic mass is 10.3. The molecule has 0 atom stereocenters. The number of amides is 1. The van der Waals surface area contributed by atoms with Gasteiger partial charge in [0.05, 0.1) is 12.0 Å². The number of rotatable bonds is 5. The van der Waals surface area contributed by atoms with E-state index in [0.29, 0.717) is 0 Å². The Morgan fingerprint density at radius 1 is 1.44 bits per heavy atom. The first-order valence-corrected chi connectivity index (χ1v) is 4.75. The zero-order chi connectivity index (χ0) is 13.7. The highest BCUT2D eigenvalue weighted by Crippen LogP contribution is 2.31. The Hall–Kier alpha value is -2.64. The van der Waals surface area contributed by atoms with Crippen molar-refractivity contribution in [2.24, 2.45) is 5.73 Å². The molecule has 0 heterocycles. The Bertz CT molecular complexity index is 499. The van der Waals surface area contributed by atoms with Gasteiger partial charge < -0.3 is 15.2 Å². The molecule has 0 aliphatic rings. The van der Waals surface area contributed by atoms with Crippen LogP contribution in [-0.4, -0.2) is 23.9 Å². The van der Waals surface area contributed by atoms with Gasteiger partial charge in [0, 0.05) is 12.1 Å². The number of nitro groups is 1. The minimum atomic E-state index is -0.973. The summed E-state index contributed by atoms with van der Waals surface area (Å²) in [7, 11) is 1.36. The molecule has 8 nitrogen and oxygen atoms in total. The topological polar surface area (TPSA) is 122 Å². The summed E-state index contributed by atoms with van der Waals surface area (Å²) in [4.78, 5) is 31.7. The van der Waals surface area contributed by atoms with Crippen LogP contribution in [0, 0.1) is 10.1 Å². The van der Waals surface area contributed by atoms with Crippen LogP contribution in [-0.2, 0) is 9.59 Å². The zero-order valence-corrected chi connectivity index (χ0v) is 9.41. The average molecular weight is 254 g/mol. The van der Waals surface area contributed by atoms with Crippen LogP contribution < -0.4 is 15.2 Å². The third kappa shape index (κ3) is 3.44. The largest absolute Gasteiger partial charge is 0.497 e. The molecule has 8 heteroatoms.